The van der Waals surface area contributed by atoms with Gasteiger partial charge in [0.1, 0.15) is 48.2 Å². The van der Waals surface area contributed by atoms with Crippen LogP contribution < -0.4 is 11.4 Å². The van der Waals surface area contributed by atoms with E-state index in [4.69, 9.17) is 27.5 Å². The fraction of sp³-hybridized carbons (Fsp3) is 0.722. The number of hydrogen-bond donors (Lipinski definition) is 4. The highest BCUT2D eigenvalue weighted by atomic mass is 28.5. The number of rotatable bonds is 11. The Morgan fingerprint density at radius 2 is 1.20 bits per heavy atom. The van der Waals surface area contributed by atoms with E-state index < -0.39 is 84.2 Å². The number of aliphatic hydroxyl groups excluding tert-OH is 4. The first-order valence-corrected chi connectivity index (χ1v) is 22.8. The molecule has 0 radical (unpaired) electrons. The first-order chi connectivity index (χ1) is 25.7. The number of ether oxygens (including phenoxy) is 2. The maximum atomic E-state index is 12.8. The first-order valence-electron chi connectivity index (χ1n) is 18.8. The second-order valence-electron chi connectivity index (χ2n) is 15.8. The zero-order valence-electron chi connectivity index (χ0n) is 33.3. The topological polar surface area (TPSA) is 231 Å². The third-order valence-electron chi connectivity index (χ3n) is 10.3. The minimum atomic E-state index is -2.92. The largest absolute Gasteiger partial charge is 0.414 e. The molecule has 2 aromatic rings. The van der Waals surface area contributed by atoms with E-state index in [1.54, 1.807) is 6.07 Å². The van der Waals surface area contributed by atoms with Crippen LogP contribution in [0.3, 0.4) is 0 Å². The summed E-state index contributed by atoms with van der Waals surface area (Å²) in [6.45, 7) is 19.6. The quantitative estimate of drug-likeness (QED) is 0.236. The Morgan fingerprint density at radius 1 is 0.745 bits per heavy atom. The molecule has 8 atom stereocenters. The molecular formula is C36H58N4O13Si2. The average Bonchev–Trinajstić information content (AvgIpc) is 3.53. The Bertz CT molecular complexity index is 1750. The molecule has 0 saturated carbocycles. The van der Waals surface area contributed by atoms with Crippen molar-refractivity contribution in [3.05, 3.63) is 56.9 Å². The van der Waals surface area contributed by atoms with Gasteiger partial charge in [0.25, 0.3) is 0 Å². The molecule has 0 spiro atoms. The smallest absolute Gasteiger partial charge is 0.350 e. The summed E-state index contributed by atoms with van der Waals surface area (Å²) in [7, 11) is -5.66. The first kappa shape index (κ1) is 44.9. The van der Waals surface area contributed by atoms with Crippen molar-refractivity contribution in [1.82, 2.24) is 19.1 Å². The summed E-state index contributed by atoms with van der Waals surface area (Å²) in [5.74, 6) is -0.204. The van der Waals surface area contributed by atoms with Crippen LogP contribution in [0.1, 0.15) is 93.1 Å². The molecule has 3 aliphatic rings. The monoisotopic (exact) mass is 810 g/mol. The van der Waals surface area contributed by atoms with Gasteiger partial charge in [0, 0.05) is 25.2 Å². The fourth-order valence-electron chi connectivity index (χ4n) is 7.47. The third kappa shape index (κ3) is 9.49. The van der Waals surface area contributed by atoms with Gasteiger partial charge in [-0.15, -0.1) is 0 Å². The molecule has 55 heavy (non-hydrogen) atoms. The predicted molar refractivity (Wildman–Crippen MR) is 203 cm³/mol. The van der Waals surface area contributed by atoms with Crippen LogP contribution in [0.5, 0.6) is 0 Å². The third-order valence-corrected chi connectivity index (χ3v) is 20.6. The number of hydrogen-bond acceptors (Lipinski definition) is 15. The zero-order chi connectivity index (χ0) is 41.2. The van der Waals surface area contributed by atoms with Gasteiger partial charge in [-0.2, -0.15) is 9.97 Å². The number of carbonyl (C=O) groups is 2. The molecule has 0 unspecified atom stereocenters. The second kappa shape index (κ2) is 18.2. The number of nitrogens with zero attached hydrogens (tertiary/aromatic N) is 4. The Balaban J connectivity index is 0.000000284. The highest BCUT2D eigenvalue weighted by Crippen LogP contribution is 2.48. The molecule has 0 aromatic carbocycles. The van der Waals surface area contributed by atoms with Gasteiger partial charge in [-0.05, 0) is 48.1 Å². The van der Waals surface area contributed by atoms with Gasteiger partial charge in [-0.1, -0.05) is 55.4 Å². The van der Waals surface area contributed by atoms with Crippen LogP contribution in [-0.2, 0) is 44.9 Å². The van der Waals surface area contributed by atoms with Crippen LogP contribution in [0.2, 0.25) is 22.2 Å². The van der Waals surface area contributed by atoms with Gasteiger partial charge in [0.2, 0.25) is 0 Å². The summed E-state index contributed by atoms with van der Waals surface area (Å²) >= 11 is 0. The molecule has 0 bridgehead atoms. The van der Waals surface area contributed by atoms with Crippen molar-refractivity contribution in [3.63, 3.8) is 0 Å². The molecule has 0 amide bonds. The van der Waals surface area contributed by atoms with Crippen LogP contribution >= 0.6 is 0 Å². The summed E-state index contributed by atoms with van der Waals surface area (Å²) in [5.41, 5.74) is 0.0320. The lowest BCUT2D eigenvalue weighted by Gasteiger charge is -2.51. The summed E-state index contributed by atoms with van der Waals surface area (Å²) in [5, 5.41) is 39.8. The van der Waals surface area contributed by atoms with Crippen molar-refractivity contribution in [2.45, 2.75) is 153 Å². The van der Waals surface area contributed by atoms with E-state index in [1.165, 1.54) is 36.9 Å². The van der Waals surface area contributed by atoms with Crippen LogP contribution in [0.4, 0.5) is 0 Å². The molecule has 3 aliphatic heterocycles. The van der Waals surface area contributed by atoms with Gasteiger partial charge in [0.15, 0.2) is 12.5 Å². The van der Waals surface area contributed by atoms with Gasteiger partial charge in [-0.3, -0.25) is 18.7 Å². The molecule has 19 heteroatoms. The number of ketones is 2. The lowest BCUT2D eigenvalue weighted by molar-refractivity contribution is -0.117. The lowest BCUT2D eigenvalue weighted by Crippen LogP contribution is -2.65. The van der Waals surface area contributed by atoms with Gasteiger partial charge in [0.05, 0.1) is 24.6 Å². The molecular weight excluding hydrogens is 753 g/mol. The number of aliphatic hydroxyl groups is 4. The van der Waals surface area contributed by atoms with E-state index in [1.807, 2.05) is 0 Å². The summed E-state index contributed by atoms with van der Waals surface area (Å²) in [4.78, 5) is 54.8. The predicted octanol–water partition coefficient (Wildman–Crippen LogP) is 1.58. The highest BCUT2D eigenvalue weighted by Gasteiger charge is 2.61. The van der Waals surface area contributed by atoms with E-state index in [9.17, 15) is 34.5 Å². The Morgan fingerprint density at radius 3 is 1.58 bits per heavy atom. The van der Waals surface area contributed by atoms with Gasteiger partial charge < -0.3 is 42.9 Å². The van der Waals surface area contributed by atoms with Crippen molar-refractivity contribution >= 4 is 28.7 Å². The molecule has 308 valence electrons. The molecule has 4 N–H and O–H groups in total. The summed E-state index contributed by atoms with van der Waals surface area (Å²) in [6, 6.07) is 3.08. The summed E-state index contributed by atoms with van der Waals surface area (Å²) < 4.78 is 34.5. The highest BCUT2D eigenvalue weighted by molar-refractivity contribution is 6.84. The van der Waals surface area contributed by atoms with Crippen molar-refractivity contribution < 1.29 is 52.5 Å². The maximum Gasteiger partial charge on any atom is 0.350 e. The molecule has 0 aliphatic carbocycles. The second-order valence-corrected chi connectivity index (χ2v) is 24.7. The number of fused-ring (bicyclic) bond motifs is 1. The lowest BCUT2D eigenvalue weighted by atomic mass is 10.1. The number of aromatic nitrogens is 4. The van der Waals surface area contributed by atoms with Crippen LogP contribution in [0, 0.1) is 0 Å². The average molecular weight is 811 g/mol. The molecule has 5 rings (SSSR count). The molecule has 3 fully saturated rings. The molecule has 17 nitrogen and oxygen atoms in total. The zero-order valence-corrected chi connectivity index (χ0v) is 35.3. The maximum absolute atomic E-state index is 12.8. The Kier molecular flexibility index (Phi) is 14.8. The Hall–Kier alpha value is -2.83. The van der Waals surface area contributed by atoms with Crippen molar-refractivity contribution in [2.75, 3.05) is 13.2 Å². The normalized spacial score (nSPS) is 28.8. The fourth-order valence-corrected chi connectivity index (χ4v) is 18.7. The summed E-state index contributed by atoms with van der Waals surface area (Å²) in [6.07, 6.45) is -5.05. The van der Waals surface area contributed by atoms with E-state index in [0.29, 0.717) is 11.4 Å². The molecule has 2 aromatic heterocycles. The van der Waals surface area contributed by atoms with Crippen LogP contribution in [0.15, 0.2) is 34.1 Å². The van der Waals surface area contributed by atoms with Crippen LogP contribution in [0.25, 0.3) is 0 Å². The number of carbonyl (C=O) groups excluding carboxylic acids is 2. The van der Waals surface area contributed by atoms with E-state index in [-0.39, 0.29) is 53.2 Å². The van der Waals surface area contributed by atoms with Gasteiger partial charge in [-0.25, -0.2) is 9.59 Å². The van der Waals surface area contributed by atoms with Crippen LogP contribution in [-0.4, -0.2) is 118 Å². The van der Waals surface area contributed by atoms with Crippen molar-refractivity contribution in [2.24, 2.45) is 0 Å². The standard InChI is InChI=1S/C24H42N2O7Si2.C12H16N2O6/c1-14(2)34(15(3)4)30-13-20-22(32-35(33-34,16(5)6)17(7)8)21(28)23(31-20)26-11-10-19(12-18(9)27)25-24(26)29;1-6(16)4-7-2-3-14(12(19)13-7)11-10(18)9(17)8(5-15)20-11/h10-11,14-17,20-23,28H,12-13H2,1-9H3;2-3,8-11,15,17-18H,4-5H2,1H3/t20-,21-,22-,23-;8-,9-,10-,11-/m11/s1. The van der Waals surface area contributed by atoms with Crippen molar-refractivity contribution in [3.8, 4) is 0 Å². The number of Topliss-reactive ketones (excluding diaryl/α,β-unsaturated/α-hetero) is 2. The SMILES string of the molecule is CC(=O)Cc1ccn([C@@H]2O[C@@H]3CO[Si](C(C)C)(C(C)C)O[Si](C(C)C)(C(C)C)O[C@H]3[C@H]2O)c(=O)n1.CC(=O)Cc1ccn([C@@H]2O[C@H](CO)[C@@H](O)[C@H]2O)c(=O)n1. The van der Waals surface area contributed by atoms with E-state index in [2.05, 4.69) is 65.4 Å². The minimum Gasteiger partial charge on any atom is -0.414 e. The van der Waals surface area contributed by atoms with Gasteiger partial charge >= 0.3 is 28.5 Å². The molecule has 3 saturated heterocycles. The Labute approximate surface area is 323 Å². The van der Waals surface area contributed by atoms with Crippen molar-refractivity contribution in [1.29, 1.82) is 0 Å². The van der Waals surface area contributed by atoms with E-state index >= 15 is 0 Å². The van der Waals surface area contributed by atoms with E-state index in [0.717, 1.165) is 4.57 Å². The minimum absolute atomic E-state index is 0.0477. The molecule has 5 heterocycles.